The predicted octanol–water partition coefficient (Wildman–Crippen LogP) is 0.818. The molecule has 88 valence electrons. The van der Waals surface area contributed by atoms with Crippen LogP contribution in [0.3, 0.4) is 0 Å². The van der Waals surface area contributed by atoms with Crippen LogP contribution >= 0.6 is 0 Å². The van der Waals surface area contributed by atoms with Gasteiger partial charge in [-0.25, -0.2) is 0 Å². The first-order valence-electron chi connectivity index (χ1n) is 6.25. The number of rotatable bonds is 6. The van der Waals surface area contributed by atoms with E-state index in [4.69, 9.17) is 5.73 Å². The zero-order valence-corrected chi connectivity index (χ0v) is 9.78. The van der Waals surface area contributed by atoms with Gasteiger partial charge in [0.05, 0.1) is 5.60 Å². The number of hydrogen-bond acceptors (Lipinski definition) is 3. The molecule has 0 radical (unpaired) electrons. The summed E-state index contributed by atoms with van der Waals surface area (Å²) < 4.78 is 0. The lowest BCUT2D eigenvalue weighted by Crippen LogP contribution is -2.50. The van der Waals surface area contributed by atoms with Crippen molar-refractivity contribution < 1.29 is 5.11 Å². The quantitative estimate of drug-likeness (QED) is 0.685. The predicted molar refractivity (Wildman–Crippen MR) is 61.6 cm³/mol. The van der Waals surface area contributed by atoms with Crippen molar-refractivity contribution in [3.8, 4) is 0 Å². The fraction of sp³-hybridized carbons (Fsp3) is 1.00. The molecule has 3 nitrogen and oxygen atoms in total. The zero-order valence-electron chi connectivity index (χ0n) is 9.78. The molecule has 0 amide bonds. The Kier molecular flexibility index (Phi) is 3.33. The molecule has 3 heteroatoms. The zero-order chi connectivity index (χ0) is 10.9. The smallest absolute Gasteiger partial charge is 0.0923 e. The van der Waals surface area contributed by atoms with Gasteiger partial charge in [0.2, 0.25) is 0 Å². The maximum Gasteiger partial charge on any atom is 0.0923 e. The number of hydrogen-bond donors (Lipinski definition) is 2. The highest BCUT2D eigenvalue weighted by Crippen LogP contribution is 2.39. The number of nitrogens with zero attached hydrogens (tertiary/aromatic N) is 1. The highest BCUT2D eigenvalue weighted by atomic mass is 16.3. The minimum absolute atomic E-state index is 0.409. The first-order valence-corrected chi connectivity index (χ1v) is 6.25. The van der Waals surface area contributed by atoms with Gasteiger partial charge in [-0.3, -0.25) is 0 Å². The lowest BCUT2D eigenvalue weighted by atomic mass is 9.85. The van der Waals surface area contributed by atoms with E-state index in [1.165, 1.54) is 19.3 Å². The van der Waals surface area contributed by atoms with Gasteiger partial charge in [-0.15, -0.1) is 0 Å². The van der Waals surface area contributed by atoms with Crippen LogP contribution in [0.1, 0.15) is 32.1 Å². The van der Waals surface area contributed by atoms with E-state index in [-0.39, 0.29) is 0 Å². The largest absolute Gasteiger partial charge is 0.387 e. The molecular weight excluding hydrogens is 188 g/mol. The summed E-state index contributed by atoms with van der Waals surface area (Å²) in [5.41, 5.74) is 5.08. The Morgan fingerprint density at radius 3 is 2.40 bits per heavy atom. The summed E-state index contributed by atoms with van der Waals surface area (Å²) in [5, 5.41) is 10.4. The minimum Gasteiger partial charge on any atom is -0.387 e. The first-order chi connectivity index (χ1) is 7.14. The summed E-state index contributed by atoms with van der Waals surface area (Å²) in [4.78, 5) is 2.27. The van der Waals surface area contributed by atoms with Crippen LogP contribution in [0.5, 0.6) is 0 Å². The van der Waals surface area contributed by atoms with Gasteiger partial charge >= 0.3 is 0 Å². The number of likely N-dealkylation sites (N-methyl/N-ethyl adjacent to an activating group) is 1. The second kappa shape index (κ2) is 4.40. The molecule has 2 rings (SSSR count). The Hall–Kier alpha value is -0.120. The monoisotopic (exact) mass is 212 g/mol. The summed E-state index contributed by atoms with van der Waals surface area (Å²) in [7, 11) is 2.11. The molecule has 0 bridgehead atoms. The summed E-state index contributed by atoms with van der Waals surface area (Å²) in [6.07, 6.45) is 6.45. The molecule has 0 aromatic heterocycles. The highest BCUT2D eigenvalue weighted by molar-refractivity contribution is 4.97. The van der Waals surface area contributed by atoms with E-state index >= 15 is 0 Å². The molecule has 2 fully saturated rings. The third-order valence-electron chi connectivity index (χ3n) is 4.03. The van der Waals surface area contributed by atoms with Crippen LogP contribution in [0.4, 0.5) is 0 Å². The van der Waals surface area contributed by atoms with Crippen LogP contribution < -0.4 is 5.73 Å². The van der Waals surface area contributed by atoms with Crippen LogP contribution in [0.15, 0.2) is 0 Å². The van der Waals surface area contributed by atoms with E-state index in [0.29, 0.717) is 12.5 Å². The van der Waals surface area contributed by atoms with Gasteiger partial charge in [-0.1, -0.05) is 6.42 Å². The molecule has 15 heavy (non-hydrogen) atoms. The summed E-state index contributed by atoms with van der Waals surface area (Å²) >= 11 is 0. The van der Waals surface area contributed by atoms with Gasteiger partial charge in [0.25, 0.3) is 0 Å². The lowest BCUT2D eigenvalue weighted by molar-refractivity contribution is -0.00765. The molecule has 2 saturated carbocycles. The molecule has 0 heterocycles. The number of nitrogens with two attached hydrogens (primary N) is 1. The van der Waals surface area contributed by atoms with Crippen molar-refractivity contribution >= 4 is 0 Å². The standard InChI is InChI=1S/C12H24N2O/c1-14(7-10-3-2-4-10)9-12(15,8-13)11-5-6-11/h10-11,15H,2-9,13H2,1H3. The Morgan fingerprint density at radius 1 is 1.33 bits per heavy atom. The van der Waals surface area contributed by atoms with Crippen molar-refractivity contribution in [2.75, 3.05) is 26.7 Å². The normalized spacial score (nSPS) is 26.4. The molecule has 0 saturated heterocycles. The molecule has 0 aromatic rings. The van der Waals surface area contributed by atoms with E-state index in [1.807, 2.05) is 0 Å². The van der Waals surface area contributed by atoms with Gasteiger partial charge in [0.1, 0.15) is 0 Å². The van der Waals surface area contributed by atoms with Crippen molar-refractivity contribution in [1.29, 1.82) is 0 Å². The van der Waals surface area contributed by atoms with Crippen molar-refractivity contribution in [1.82, 2.24) is 4.90 Å². The van der Waals surface area contributed by atoms with Crippen LogP contribution in [0.25, 0.3) is 0 Å². The third kappa shape index (κ3) is 2.71. The van der Waals surface area contributed by atoms with Crippen molar-refractivity contribution in [2.45, 2.75) is 37.7 Å². The molecule has 1 atom stereocenters. The fourth-order valence-electron chi connectivity index (χ4n) is 2.63. The maximum atomic E-state index is 10.4. The van der Waals surface area contributed by atoms with E-state index in [1.54, 1.807) is 0 Å². The van der Waals surface area contributed by atoms with Crippen LogP contribution in [0, 0.1) is 11.8 Å². The van der Waals surface area contributed by atoms with Crippen molar-refractivity contribution in [3.05, 3.63) is 0 Å². The van der Waals surface area contributed by atoms with Crippen LogP contribution in [-0.4, -0.2) is 42.3 Å². The van der Waals surface area contributed by atoms with E-state index in [2.05, 4.69) is 11.9 Å². The molecule has 0 spiro atoms. The molecule has 2 aliphatic carbocycles. The molecular formula is C12H24N2O. The second-order valence-electron chi connectivity index (χ2n) is 5.58. The van der Waals surface area contributed by atoms with Gasteiger partial charge < -0.3 is 15.7 Å². The first kappa shape index (κ1) is 11.4. The summed E-state index contributed by atoms with van der Waals surface area (Å²) in [5.74, 6) is 1.34. The molecule has 1 unspecified atom stereocenters. The van der Waals surface area contributed by atoms with Gasteiger partial charge in [-0.2, -0.15) is 0 Å². The molecule has 2 aliphatic rings. The topological polar surface area (TPSA) is 49.5 Å². The van der Waals surface area contributed by atoms with Gasteiger partial charge in [-0.05, 0) is 44.6 Å². The fourth-order valence-corrected chi connectivity index (χ4v) is 2.63. The average molecular weight is 212 g/mol. The van der Waals surface area contributed by atoms with Crippen molar-refractivity contribution in [2.24, 2.45) is 17.6 Å². The molecule has 0 aliphatic heterocycles. The minimum atomic E-state index is -0.613. The Morgan fingerprint density at radius 2 is 2.00 bits per heavy atom. The van der Waals surface area contributed by atoms with Crippen molar-refractivity contribution in [3.63, 3.8) is 0 Å². The molecule has 3 N–H and O–H groups in total. The van der Waals surface area contributed by atoms with E-state index < -0.39 is 5.60 Å². The lowest BCUT2D eigenvalue weighted by Gasteiger charge is -2.35. The average Bonchev–Trinajstić information content (AvgIpc) is 2.94. The Bertz CT molecular complexity index is 214. The highest BCUT2D eigenvalue weighted by Gasteiger charge is 2.43. The van der Waals surface area contributed by atoms with Gasteiger partial charge in [0, 0.05) is 19.6 Å². The third-order valence-corrected chi connectivity index (χ3v) is 4.03. The van der Waals surface area contributed by atoms with Crippen LogP contribution in [0.2, 0.25) is 0 Å². The second-order valence-corrected chi connectivity index (χ2v) is 5.58. The van der Waals surface area contributed by atoms with E-state index in [9.17, 15) is 5.11 Å². The number of aliphatic hydroxyl groups is 1. The Balaban J connectivity index is 1.77. The summed E-state index contributed by atoms with van der Waals surface area (Å²) in [6.45, 7) is 2.30. The van der Waals surface area contributed by atoms with Gasteiger partial charge in [0.15, 0.2) is 0 Å². The Labute approximate surface area is 92.6 Å². The van der Waals surface area contributed by atoms with E-state index in [0.717, 1.165) is 31.8 Å². The molecule has 0 aromatic carbocycles. The SMILES string of the molecule is CN(CC1CCC1)CC(O)(CN)C1CC1. The summed E-state index contributed by atoms with van der Waals surface area (Å²) in [6, 6.07) is 0. The maximum absolute atomic E-state index is 10.4. The van der Waals surface area contributed by atoms with Crippen LogP contribution in [-0.2, 0) is 0 Å².